The standard InChI is InChI=1S/C20H15BrN2O3/c1-11(24)12-3-2-4-15(8-12)22-20(26)17-10-23-6-5-13-7-14(21)9-16(18(13)23)19(17)25/h2-4,7-10H,5-6H2,1H3,(H,22,26). The molecule has 26 heavy (non-hydrogen) atoms. The first-order chi connectivity index (χ1) is 12.4. The topological polar surface area (TPSA) is 68.2 Å². The molecule has 0 saturated heterocycles. The van der Waals surface area contributed by atoms with E-state index < -0.39 is 5.91 Å². The number of amides is 1. The summed E-state index contributed by atoms with van der Waals surface area (Å²) < 4.78 is 2.79. The Kier molecular flexibility index (Phi) is 4.00. The van der Waals surface area contributed by atoms with Gasteiger partial charge in [-0.15, -0.1) is 0 Å². The van der Waals surface area contributed by atoms with Gasteiger partial charge in [0.25, 0.3) is 5.91 Å². The molecular weight excluding hydrogens is 396 g/mol. The predicted molar refractivity (Wildman–Crippen MR) is 104 cm³/mol. The van der Waals surface area contributed by atoms with E-state index in [1.807, 2.05) is 10.6 Å². The Morgan fingerprint density at radius 1 is 1.19 bits per heavy atom. The molecule has 0 saturated carbocycles. The lowest BCUT2D eigenvalue weighted by molar-refractivity contribution is 0.101. The van der Waals surface area contributed by atoms with E-state index in [0.717, 1.165) is 28.5 Å². The fraction of sp³-hybridized carbons (Fsp3) is 0.150. The lowest BCUT2D eigenvalue weighted by Gasteiger charge is -2.10. The molecule has 1 aromatic heterocycles. The fourth-order valence-corrected chi connectivity index (χ4v) is 3.88. The van der Waals surface area contributed by atoms with E-state index in [9.17, 15) is 14.4 Å². The summed E-state index contributed by atoms with van der Waals surface area (Å²) in [6.07, 6.45) is 2.46. The number of ketones is 1. The Bertz CT molecular complexity index is 1150. The smallest absolute Gasteiger partial charge is 0.261 e. The first-order valence-corrected chi connectivity index (χ1v) is 9.01. The summed E-state index contributed by atoms with van der Waals surface area (Å²) in [5.74, 6) is -0.563. The fourth-order valence-electron chi connectivity index (χ4n) is 3.38. The zero-order valence-corrected chi connectivity index (χ0v) is 15.6. The van der Waals surface area contributed by atoms with E-state index in [1.165, 1.54) is 6.92 Å². The third-order valence-corrected chi connectivity index (χ3v) is 5.07. The Balaban J connectivity index is 1.77. The largest absolute Gasteiger partial charge is 0.346 e. The number of carbonyl (C=O) groups excluding carboxylic acids is 2. The Hall–Kier alpha value is -2.73. The first-order valence-electron chi connectivity index (χ1n) is 8.22. The van der Waals surface area contributed by atoms with Crippen LogP contribution in [0.25, 0.3) is 10.9 Å². The van der Waals surface area contributed by atoms with Crippen molar-refractivity contribution < 1.29 is 9.59 Å². The number of benzene rings is 2. The highest BCUT2D eigenvalue weighted by Gasteiger charge is 2.21. The third-order valence-electron chi connectivity index (χ3n) is 4.61. The lowest BCUT2D eigenvalue weighted by Crippen LogP contribution is -2.23. The van der Waals surface area contributed by atoms with Gasteiger partial charge in [-0.05, 0) is 43.2 Å². The van der Waals surface area contributed by atoms with Crippen LogP contribution < -0.4 is 10.7 Å². The summed E-state index contributed by atoms with van der Waals surface area (Å²) >= 11 is 3.44. The maximum atomic E-state index is 12.9. The maximum absolute atomic E-state index is 12.9. The van der Waals surface area contributed by atoms with Crippen molar-refractivity contribution >= 4 is 44.2 Å². The van der Waals surface area contributed by atoms with Gasteiger partial charge >= 0.3 is 0 Å². The van der Waals surface area contributed by atoms with Gasteiger partial charge in [0.2, 0.25) is 5.43 Å². The zero-order chi connectivity index (χ0) is 18.4. The summed E-state index contributed by atoms with van der Waals surface area (Å²) in [6, 6.07) is 10.4. The van der Waals surface area contributed by atoms with Crippen molar-refractivity contribution in [2.24, 2.45) is 0 Å². The SMILES string of the molecule is CC(=O)c1cccc(NC(=O)c2cn3c4c(cc(Br)cc4c2=O)CC3)c1. The molecule has 6 heteroatoms. The van der Waals surface area contributed by atoms with Crippen LogP contribution in [-0.2, 0) is 13.0 Å². The molecule has 1 N–H and O–H groups in total. The zero-order valence-electron chi connectivity index (χ0n) is 14.0. The second-order valence-corrected chi connectivity index (χ2v) is 7.28. The number of aromatic nitrogens is 1. The number of nitrogens with one attached hydrogen (secondary N) is 1. The second-order valence-electron chi connectivity index (χ2n) is 6.37. The first kappa shape index (κ1) is 16.7. The highest BCUT2D eigenvalue weighted by Crippen LogP contribution is 2.28. The highest BCUT2D eigenvalue weighted by molar-refractivity contribution is 9.10. The molecule has 2 heterocycles. The van der Waals surface area contributed by atoms with Gasteiger partial charge in [0.1, 0.15) is 5.56 Å². The summed E-state index contributed by atoms with van der Waals surface area (Å²) in [5, 5.41) is 3.26. The van der Waals surface area contributed by atoms with Crippen LogP contribution in [0.1, 0.15) is 33.2 Å². The Morgan fingerprint density at radius 3 is 2.77 bits per heavy atom. The number of carbonyl (C=O) groups is 2. The third kappa shape index (κ3) is 2.76. The number of aryl methyl sites for hydroxylation is 2. The molecular formula is C20H15BrN2O3. The van der Waals surface area contributed by atoms with Crippen molar-refractivity contribution in [2.75, 3.05) is 5.32 Å². The van der Waals surface area contributed by atoms with Crippen molar-refractivity contribution in [3.05, 3.63) is 74.0 Å². The van der Waals surface area contributed by atoms with Gasteiger partial charge in [0.15, 0.2) is 5.78 Å². The summed E-state index contributed by atoms with van der Waals surface area (Å²) in [7, 11) is 0. The number of pyridine rings is 1. The maximum Gasteiger partial charge on any atom is 0.261 e. The monoisotopic (exact) mass is 410 g/mol. The average Bonchev–Trinajstić information content (AvgIpc) is 3.01. The van der Waals surface area contributed by atoms with Crippen molar-refractivity contribution in [1.29, 1.82) is 0 Å². The summed E-state index contributed by atoms with van der Waals surface area (Å²) in [4.78, 5) is 37.1. The molecule has 0 atom stereocenters. The van der Waals surface area contributed by atoms with Crippen LogP contribution in [-0.4, -0.2) is 16.3 Å². The van der Waals surface area contributed by atoms with E-state index in [-0.39, 0.29) is 16.8 Å². The Morgan fingerprint density at radius 2 is 2.00 bits per heavy atom. The van der Waals surface area contributed by atoms with Crippen molar-refractivity contribution in [1.82, 2.24) is 4.57 Å². The molecule has 0 aliphatic carbocycles. The average molecular weight is 411 g/mol. The molecule has 0 spiro atoms. The van der Waals surface area contributed by atoms with Gasteiger partial charge in [0.05, 0.1) is 5.52 Å². The van der Waals surface area contributed by atoms with Crippen molar-refractivity contribution in [2.45, 2.75) is 19.9 Å². The van der Waals surface area contributed by atoms with Gasteiger partial charge in [-0.25, -0.2) is 0 Å². The highest BCUT2D eigenvalue weighted by atomic mass is 79.9. The molecule has 2 aromatic carbocycles. The van der Waals surface area contributed by atoms with E-state index in [0.29, 0.717) is 16.6 Å². The van der Waals surface area contributed by atoms with Crippen LogP contribution >= 0.6 is 15.9 Å². The molecule has 0 bridgehead atoms. The van der Waals surface area contributed by atoms with Gasteiger partial charge < -0.3 is 9.88 Å². The number of halogens is 1. The minimum Gasteiger partial charge on any atom is -0.346 e. The molecule has 3 aromatic rings. The Labute approximate surface area is 157 Å². The molecule has 0 radical (unpaired) electrons. The molecule has 1 aliphatic rings. The molecule has 130 valence electrons. The van der Waals surface area contributed by atoms with Crippen molar-refractivity contribution in [3.63, 3.8) is 0 Å². The van der Waals surface area contributed by atoms with Crippen LogP contribution in [0.4, 0.5) is 5.69 Å². The van der Waals surface area contributed by atoms with Gasteiger partial charge in [0, 0.05) is 33.9 Å². The molecule has 1 amide bonds. The van der Waals surface area contributed by atoms with Gasteiger partial charge in [-0.3, -0.25) is 14.4 Å². The van der Waals surface area contributed by atoms with Crippen LogP contribution in [0.15, 0.2) is 51.9 Å². The number of nitrogens with zero attached hydrogens (tertiary/aromatic N) is 1. The minimum absolute atomic E-state index is 0.0857. The number of Topliss-reactive ketones (excluding diaryl/α,β-unsaturated/α-hetero) is 1. The van der Waals surface area contributed by atoms with Crippen molar-refractivity contribution in [3.8, 4) is 0 Å². The molecule has 0 unspecified atom stereocenters. The summed E-state index contributed by atoms with van der Waals surface area (Å²) in [5.41, 5.74) is 2.79. The van der Waals surface area contributed by atoms with Gasteiger partial charge in [-0.1, -0.05) is 28.1 Å². The quantitative estimate of drug-likeness (QED) is 0.668. The normalized spacial score (nSPS) is 12.4. The summed E-state index contributed by atoms with van der Waals surface area (Å²) in [6.45, 7) is 2.20. The molecule has 0 fully saturated rings. The second kappa shape index (κ2) is 6.21. The van der Waals surface area contributed by atoms with Crippen LogP contribution in [0.5, 0.6) is 0 Å². The number of hydrogen-bond donors (Lipinski definition) is 1. The molecule has 1 aliphatic heterocycles. The van der Waals surface area contributed by atoms with E-state index in [2.05, 4.69) is 21.2 Å². The van der Waals surface area contributed by atoms with E-state index in [1.54, 1.807) is 36.5 Å². The van der Waals surface area contributed by atoms with Crippen LogP contribution in [0.3, 0.4) is 0 Å². The number of anilines is 1. The van der Waals surface area contributed by atoms with E-state index >= 15 is 0 Å². The van der Waals surface area contributed by atoms with E-state index in [4.69, 9.17) is 0 Å². The van der Waals surface area contributed by atoms with Crippen LogP contribution in [0, 0.1) is 0 Å². The van der Waals surface area contributed by atoms with Gasteiger partial charge in [-0.2, -0.15) is 0 Å². The predicted octanol–water partition coefficient (Wildman–Crippen LogP) is 3.78. The lowest BCUT2D eigenvalue weighted by atomic mass is 10.1. The number of hydrogen-bond acceptors (Lipinski definition) is 3. The molecule has 5 nitrogen and oxygen atoms in total. The van der Waals surface area contributed by atoms with Crippen LogP contribution in [0.2, 0.25) is 0 Å². The number of rotatable bonds is 3. The minimum atomic E-state index is -0.477. The molecule has 4 rings (SSSR count).